The van der Waals surface area contributed by atoms with E-state index in [0.717, 1.165) is 17.1 Å². The van der Waals surface area contributed by atoms with Gasteiger partial charge in [-0.2, -0.15) is 0 Å². The number of hydrogen-bond acceptors (Lipinski definition) is 1. The van der Waals surface area contributed by atoms with Crippen LogP contribution in [-0.2, 0) is 5.41 Å². The fourth-order valence-electron chi connectivity index (χ4n) is 13.3. The van der Waals surface area contributed by atoms with Crippen LogP contribution in [-0.4, -0.2) is 0 Å². The van der Waals surface area contributed by atoms with Crippen molar-refractivity contribution in [3.63, 3.8) is 0 Å². The Morgan fingerprint density at radius 3 is 1.31 bits per heavy atom. The van der Waals surface area contributed by atoms with Gasteiger partial charge in [-0.25, -0.2) is 0 Å². The minimum Gasteiger partial charge on any atom is -0.310 e. The van der Waals surface area contributed by atoms with Crippen molar-refractivity contribution in [2.45, 2.75) is 5.41 Å². The van der Waals surface area contributed by atoms with Gasteiger partial charge in [0.05, 0.1) is 11.1 Å². The number of nitrogens with zero attached hydrogens (tertiary/aromatic N) is 1. The van der Waals surface area contributed by atoms with Crippen LogP contribution in [0.2, 0.25) is 0 Å². The van der Waals surface area contributed by atoms with E-state index in [9.17, 15) is 0 Å². The monoisotopic (exact) mass is 883 g/mol. The number of anilines is 3. The van der Waals surface area contributed by atoms with Crippen molar-refractivity contribution in [1.29, 1.82) is 0 Å². The topological polar surface area (TPSA) is 3.24 Å². The van der Waals surface area contributed by atoms with E-state index < -0.39 is 5.41 Å². The standard InChI is InChI=1S/C69H41N/c1-2-14-46-39-47(32-29-42(46)13-1)43-33-35-49(36-34-43)70(50-37-38-54-53-20-5-8-28-62(53)69(63(54)41-50)60-26-6-3-18-51(60)52-19-4-7-27-61(52)69)64-40-48-17-11-23-56-55-21-9-15-44-30-31-45-16-10-22-57(66(45)65(44)55)58-24-12-25-59(64)68(58)67(48)56/h1-41H. The molecule has 0 N–H and O–H groups in total. The molecule has 70 heavy (non-hydrogen) atoms. The normalized spacial score (nSPS) is 13.3. The van der Waals surface area contributed by atoms with Crippen molar-refractivity contribution >= 4 is 92.5 Å². The molecule has 0 saturated heterocycles. The minimum atomic E-state index is -0.474. The predicted molar refractivity (Wildman–Crippen MR) is 297 cm³/mol. The molecule has 1 spiro atoms. The van der Waals surface area contributed by atoms with Crippen molar-refractivity contribution in [1.82, 2.24) is 0 Å². The fraction of sp³-hybridized carbons (Fsp3) is 0.0145. The first kappa shape index (κ1) is 38.0. The molecule has 2 aliphatic rings. The summed E-state index contributed by atoms with van der Waals surface area (Å²) in [6, 6.07) is 94.1. The van der Waals surface area contributed by atoms with Gasteiger partial charge < -0.3 is 4.90 Å². The van der Waals surface area contributed by atoms with Crippen LogP contribution in [0.5, 0.6) is 0 Å². The average molecular weight is 884 g/mol. The van der Waals surface area contributed by atoms with Gasteiger partial charge in [0.25, 0.3) is 0 Å². The molecule has 1 heteroatoms. The van der Waals surface area contributed by atoms with E-state index in [2.05, 4.69) is 254 Å². The van der Waals surface area contributed by atoms with Crippen LogP contribution >= 0.6 is 0 Å². The van der Waals surface area contributed by atoms with Gasteiger partial charge in [-0.05, 0) is 157 Å². The summed E-state index contributed by atoms with van der Waals surface area (Å²) in [6.07, 6.45) is 0. The van der Waals surface area contributed by atoms with Crippen LogP contribution in [0.15, 0.2) is 249 Å². The van der Waals surface area contributed by atoms with Crippen molar-refractivity contribution in [2.75, 3.05) is 4.90 Å². The van der Waals surface area contributed by atoms with E-state index in [1.54, 1.807) is 0 Å². The quantitative estimate of drug-likeness (QED) is 0.159. The number of rotatable bonds is 4. The lowest BCUT2D eigenvalue weighted by Crippen LogP contribution is -2.26. The van der Waals surface area contributed by atoms with Gasteiger partial charge in [-0.3, -0.25) is 0 Å². The van der Waals surface area contributed by atoms with E-state index in [1.807, 2.05) is 0 Å². The van der Waals surface area contributed by atoms with E-state index in [4.69, 9.17) is 0 Å². The Morgan fingerprint density at radius 1 is 0.243 bits per heavy atom. The summed E-state index contributed by atoms with van der Waals surface area (Å²) in [5.74, 6) is 0. The zero-order valence-electron chi connectivity index (χ0n) is 38.1. The highest BCUT2D eigenvalue weighted by atomic mass is 15.1. The Bertz CT molecular complexity index is 4470. The van der Waals surface area contributed by atoms with Crippen LogP contribution in [0.3, 0.4) is 0 Å². The van der Waals surface area contributed by atoms with Crippen LogP contribution in [0.25, 0.3) is 109 Å². The van der Waals surface area contributed by atoms with Gasteiger partial charge in [0.2, 0.25) is 0 Å². The molecule has 0 amide bonds. The summed E-state index contributed by atoms with van der Waals surface area (Å²) in [4.78, 5) is 2.55. The van der Waals surface area contributed by atoms with Crippen LogP contribution in [0.4, 0.5) is 17.1 Å². The van der Waals surface area contributed by atoms with Gasteiger partial charge in [0.1, 0.15) is 0 Å². The summed E-state index contributed by atoms with van der Waals surface area (Å²) < 4.78 is 0. The van der Waals surface area contributed by atoms with Gasteiger partial charge in [-0.15, -0.1) is 0 Å². The Labute approximate surface area is 405 Å². The fourth-order valence-corrected chi connectivity index (χ4v) is 13.3. The molecule has 322 valence electrons. The van der Waals surface area contributed by atoms with E-state index in [0.29, 0.717) is 0 Å². The Hall–Kier alpha value is -9.04. The van der Waals surface area contributed by atoms with E-state index >= 15 is 0 Å². The maximum absolute atomic E-state index is 2.55. The van der Waals surface area contributed by atoms with Gasteiger partial charge in [0, 0.05) is 22.1 Å². The number of fused-ring (bicyclic) bond motifs is 13. The minimum absolute atomic E-state index is 0.474. The lowest BCUT2D eigenvalue weighted by atomic mass is 9.70. The third-order valence-corrected chi connectivity index (χ3v) is 16.1. The van der Waals surface area contributed by atoms with Crippen LogP contribution in [0.1, 0.15) is 22.3 Å². The van der Waals surface area contributed by atoms with Crippen molar-refractivity contribution < 1.29 is 0 Å². The summed E-state index contributed by atoms with van der Waals surface area (Å²) in [7, 11) is 0. The highest BCUT2D eigenvalue weighted by Crippen LogP contribution is 2.63. The molecule has 0 heterocycles. The van der Waals surface area contributed by atoms with Crippen molar-refractivity contribution in [3.8, 4) is 33.4 Å². The molecule has 14 aromatic rings. The molecule has 1 nitrogen and oxygen atoms in total. The Balaban J connectivity index is 1.01. The van der Waals surface area contributed by atoms with E-state index in [-0.39, 0.29) is 0 Å². The first-order chi connectivity index (χ1) is 34.7. The molecule has 16 rings (SSSR count). The maximum Gasteiger partial charge on any atom is 0.0726 e. The SMILES string of the molecule is c1ccc2c(c1)-c1ccccc1C21c2ccccc2-c2ccc(N(c3ccc(-c4ccc5ccccc5c4)cc3)c3cc4cccc5c6cccc7ccc8cccc(c9cccc3c9c45)c8c76)cc21. The molecule has 0 saturated carbocycles. The zero-order valence-corrected chi connectivity index (χ0v) is 38.1. The molecule has 0 bridgehead atoms. The second-order valence-corrected chi connectivity index (χ2v) is 19.5. The second-order valence-electron chi connectivity index (χ2n) is 19.5. The third kappa shape index (κ3) is 4.95. The lowest BCUT2D eigenvalue weighted by molar-refractivity contribution is 0.793. The summed E-state index contributed by atoms with van der Waals surface area (Å²) in [5.41, 5.74) is 15.9. The Morgan fingerprint density at radius 2 is 0.686 bits per heavy atom. The highest BCUT2D eigenvalue weighted by molar-refractivity contribution is 6.38. The summed E-state index contributed by atoms with van der Waals surface area (Å²) in [5, 5.41) is 17.8. The molecule has 2 aliphatic carbocycles. The van der Waals surface area contributed by atoms with Gasteiger partial charge in [-0.1, -0.05) is 212 Å². The molecular formula is C69H41N. The second kappa shape index (κ2) is 14.0. The first-order valence-electron chi connectivity index (χ1n) is 24.5. The molecule has 0 atom stereocenters. The first-order valence-corrected chi connectivity index (χ1v) is 24.5. The maximum atomic E-state index is 2.55. The van der Waals surface area contributed by atoms with Crippen molar-refractivity contribution in [2.24, 2.45) is 0 Å². The third-order valence-electron chi connectivity index (χ3n) is 16.1. The molecule has 0 fully saturated rings. The zero-order chi connectivity index (χ0) is 45.7. The molecular weight excluding hydrogens is 843 g/mol. The summed E-state index contributed by atoms with van der Waals surface area (Å²) >= 11 is 0. The number of benzene rings is 13. The molecule has 0 radical (unpaired) electrons. The molecule has 0 unspecified atom stereocenters. The Kier molecular flexibility index (Phi) is 7.60. The largest absolute Gasteiger partial charge is 0.310 e. The summed E-state index contributed by atoms with van der Waals surface area (Å²) in [6.45, 7) is 0. The average Bonchev–Trinajstić information content (AvgIpc) is 3.89. The smallest absolute Gasteiger partial charge is 0.0726 e. The number of hydrogen-bond donors (Lipinski definition) is 0. The van der Waals surface area contributed by atoms with Gasteiger partial charge in [0.15, 0.2) is 0 Å². The van der Waals surface area contributed by atoms with E-state index in [1.165, 1.54) is 131 Å². The molecule has 0 aromatic heterocycles. The lowest BCUT2D eigenvalue weighted by Gasteiger charge is -2.32. The van der Waals surface area contributed by atoms with Crippen molar-refractivity contribution in [3.05, 3.63) is 271 Å². The molecule has 0 aliphatic heterocycles. The van der Waals surface area contributed by atoms with Crippen LogP contribution < -0.4 is 4.90 Å². The molecule has 14 aromatic carbocycles. The predicted octanol–water partition coefficient (Wildman–Crippen LogP) is 18.7. The highest BCUT2D eigenvalue weighted by Gasteiger charge is 2.51. The van der Waals surface area contributed by atoms with Gasteiger partial charge >= 0.3 is 0 Å². The van der Waals surface area contributed by atoms with Crippen LogP contribution in [0, 0.1) is 0 Å².